The molecule has 0 spiro atoms. The first-order valence-electron chi connectivity index (χ1n) is 13.2. The summed E-state index contributed by atoms with van der Waals surface area (Å²) in [6, 6.07) is 34.2. The molecule has 0 amide bonds. The van der Waals surface area contributed by atoms with Gasteiger partial charge in [-0.15, -0.1) is 0 Å². The molecule has 3 heterocycles. The van der Waals surface area contributed by atoms with Crippen molar-refractivity contribution >= 4 is 23.0 Å². The first-order chi connectivity index (χ1) is 19.5. The molecular formula is C33H30N4O2S. The summed E-state index contributed by atoms with van der Waals surface area (Å²) in [5.74, 6) is 2.43. The summed E-state index contributed by atoms with van der Waals surface area (Å²) in [7, 11) is 1.68. The topological polar surface area (TPSA) is 51.5 Å². The molecule has 0 unspecified atom stereocenters. The van der Waals surface area contributed by atoms with Gasteiger partial charge in [0.25, 0.3) is 0 Å². The van der Waals surface area contributed by atoms with Crippen LogP contribution in [-0.2, 0) is 0 Å². The Hall–Kier alpha value is -4.62. The van der Waals surface area contributed by atoms with Crippen molar-refractivity contribution in [1.82, 2.24) is 14.9 Å². The van der Waals surface area contributed by atoms with Crippen molar-refractivity contribution in [1.29, 1.82) is 0 Å². The Morgan fingerprint density at radius 3 is 2.17 bits per heavy atom. The number of benzene rings is 3. The molecule has 200 valence electrons. The average Bonchev–Trinajstić information content (AvgIpc) is 3.54. The molecule has 0 saturated carbocycles. The normalized spacial score (nSPS) is 16.6. The zero-order valence-electron chi connectivity index (χ0n) is 22.6. The van der Waals surface area contributed by atoms with E-state index in [4.69, 9.17) is 26.7 Å². The highest BCUT2D eigenvalue weighted by Gasteiger charge is 2.42. The highest BCUT2D eigenvalue weighted by molar-refractivity contribution is 7.80. The van der Waals surface area contributed by atoms with Crippen molar-refractivity contribution in [2.45, 2.75) is 25.9 Å². The maximum Gasteiger partial charge on any atom is 0.174 e. The molecule has 1 aliphatic heterocycles. The van der Waals surface area contributed by atoms with E-state index in [0.29, 0.717) is 5.11 Å². The van der Waals surface area contributed by atoms with Crippen LogP contribution in [-0.4, -0.2) is 21.8 Å². The molecule has 7 heteroatoms. The highest BCUT2D eigenvalue weighted by Crippen LogP contribution is 2.43. The van der Waals surface area contributed by atoms with Gasteiger partial charge in [-0.1, -0.05) is 24.3 Å². The van der Waals surface area contributed by atoms with Crippen molar-refractivity contribution in [2.75, 3.05) is 12.0 Å². The van der Waals surface area contributed by atoms with E-state index >= 15 is 0 Å². The minimum Gasteiger partial charge on any atom is -0.497 e. The zero-order chi connectivity index (χ0) is 27.6. The summed E-state index contributed by atoms with van der Waals surface area (Å²) in [6.07, 6.45) is 1.82. The lowest BCUT2D eigenvalue weighted by atomic mass is 10.0. The van der Waals surface area contributed by atoms with Crippen LogP contribution in [0.5, 0.6) is 17.2 Å². The Morgan fingerprint density at radius 2 is 1.48 bits per heavy atom. The number of rotatable bonds is 7. The van der Waals surface area contributed by atoms with Crippen LogP contribution in [0.2, 0.25) is 0 Å². The van der Waals surface area contributed by atoms with Gasteiger partial charge >= 0.3 is 0 Å². The van der Waals surface area contributed by atoms with Gasteiger partial charge in [-0.25, -0.2) is 0 Å². The van der Waals surface area contributed by atoms with Crippen LogP contribution in [0.3, 0.4) is 0 Å². The summed E-state index contributed by atoms with van der Waals surface area (Å²) in [5, 5.41) is 4.21. The fraction of sp³-hybridized carbons (Fsp3) is 0.152. The smallest absolute Gasteiger partial charge is 0.174 e. The monoisotopic (exact) mass is 546 g/mol. The summed E-state index contributed by atoms with van der Waals surface area (Å²) < 4.78 is 13.8. The van der Waals surface area contributed by atoms with Crippen molar-refractivity contribution < 1.29 is 9.47 Å². The molecule has 0 aliphatic carbocycles. The van der Waals surface area contributed by atoms with Crippen molar-refractivity contribution in [3.05, 3.63) is 132 Å². The quantitative estimate of drug-likeness (QED) is 0.214. The van der Waals surface area contributed by atoms with Crippen molar-refractivity contribution in [2.24, 2.45) is 0 Å². The SMILES string of the molecule is COc1ccc(-n2c(C)ccc2[C@@H]2[C@@H](c3ccccn3)NC(=S)N2c2ccc(Oc3ccccc3C)cc2)cc1. The van der Waals surface area contributed by atoms with E-state index in [1.54, 1.807) is 7.11 Å². The molecule has 6 rings (SSSR count). The van der Waals surface area contributed by atoms with Crippen LogP contribution in [0.1, 0.15) is 34.7 Å². The summed E-state index contributed by atoms with van der Waals surface area (Å²) >= 11 is 5.96. The molecular weight excluding hydrogens is 516 g/mol. The number of nitrogens with one attached hydrogen (secondary N) is 1. The number of ether oxygens (including phenoxy) is 2. The van der Waals surface area contributed by atoms with Crippen LogP contribution in [0, 0.1) is 13.8 Å². The summed E-state index contributed by atoms with van der Waals surface area (Å²) in [5.41, 5.74) is 6.27. The van der Waals surface area contributed by atoms with Gasteiger partial charge in [-0.3, -0.25) is 4.98 Å². The number of thiocarbonyl (C=S) groups is 1. The van der Waals surface area contributed by atoms with E-state index in [1.807, 2.05) is 79.9 Å². The fourth-order valence-electron chi connectivity index (χ4n) is 5.28. The van der Waals surface area contributed by atoms with Gasteiger partial charge in [0.2, 0.25) is 0 Å². The Balaban J connectivity index is 1.41. The number of anilines is 1. The predicted molar refractivity (Wildman–Crippen MR) is 163 cm³/mol. The summed E-state index contributed by atoms with van der Waals surface area (Å²) in [4.78, 5) is 6.89. The Bertz CT molecular complexity index is 1630. The third kappa shape index (κ3) is 4.80. The van der Waals surface area contributed by atoms with Crippen LogP contribution >= 0.6 is 12.2 Å². The Labute approximate surface area is 239 Å². The maximum absolute atomic E-state index is 6.16. The van der Waals surface area contributed by atoms with Gasteiger partial charge in [0, 0.05) is 29.0 Å². The number of aromatic nitrogens is 2. The molecule has 2 atom stereocenters. The predicted octanol–water partition coefficient (Wildman–Crippen LogP) is 7.47. The second-order valence-electron chi connectivity index (χ2n) is 9.79. The molecule has 40 heavy (non-hydrogen) atoms. The van der Waals surface area contributed by atoms with Crippen LogP contribution in [0.4, 0.5) is 5.69 Å². The first-order valence-corrected chi connectivity index (χ1v) is 13.6. The minimum atomic E-state index is -0.152. The zero-order valence-corrected chi connectivity index (χ0v) is 23.4. The molecule has 0 bridgehead atoms. The lowest BCUT2D eigenvalue weighted by Gasteiger charge is -2.29. The van der Waals surface area contributed by atoms with E-state index in [0.717, 1.165) is 51.3 Å². The number of para-hydroxylation sites is 1. The lowest BCUT2D eigenvalue weighted by Crippen LogP contribution is -2.30. The number of hydrogen-bond acceptors (Lipinski definition) is 4. The van der Waals surface area contributed by atoms with Gasteiger partial charge in [0.1, 0.15) is 23.3 Å². The maximum atomic E-state index is 6.16. The molecule has 1 fully saturated rings. The van der Waals surface area contributed by atoms with Gasteiger partial charge in [-0.05, 0) is 110 Å². The number of aryl methyl sites for hydroxylation is 2. The van der Waals surface area contributed by atoms with E-state index in [1.165, 1.54) is 0 Å². The minimum absolute atomic E-state index is 0.150. The molecule has 1 saturated heterocycles. The Morgan fingerprint density at radius 1 is 0.775 bits per heavy atom. The number of pyridine rings is 1. The standard InChI is InChI=1S/C33H30N4O2S/c1-22-8-4-5-10-30(22)39-27-18-14-25(15-19-27)37-32(31(35-33(37)40)28-9-6-7-21-34-28)29-20-11-23(2)36(29)24-12-16-26(38-3)17-13-24/h4-21,31-32H,1-3H3,(H,35,40)/t31-,32-/m1/s1. The van der Waals surface area contributed by atoms with Crippen molar-refractivity contribution in [3.8, 4) is 22.9 Å². The molecule has 3 aromatic carbocycles. The van der Waals surface area contributed by atoms with E-state index < -0.39 is 0 Å². The van der Waals surface area contributed by atoms with Crippen molar-refractivity contribution in [3.63, 3.8) is 0 Å². The van der Waals surface area contributed by atoms with E-state index in [9.17, 15) is 0 Å². The van der Waals surface area contributed by atoms with E-state index in [-0.39, 0.29) is 12.1 Å². The molecule has 5 aromatic rings. The number of nitrogens with zero attached hydrogens (tertiary/aromatic N) is 3. The fourth-order valence-corrected chi connectivity index (χ4v) is 5.63. The number of methoxy groups -OCH3 is 1. The molecule has 1 N–H and O–H groups in total. The summed E-state index contributed by atoms with van der Waals surface area (Å²) in [6.45, 7) is 4.16. The highest BCUT2D eigenvalue weighted by atomic mass is 32.1. The van der Waals surface area contributed by atoms with Gasteiger partial charge in [-0.2, -0.15) is 0 Å². The van der Waals surface area contributed by atoms with Crippen LogP contribution < -0.4 is 19.7 Å². The average molecular weight is 547 g/mol. The van der Waals surface area contributed by atoms with Gasteiger partial charge < -0.3 is 24.3 Å². The van der Waals surface area contributed by atoms with Gasteiger partial charge in [0.05, 0.1) is 18.8 Å². The third-order valence-corrected chi connectivity index (χ3v) is 7.59. The second kappa shape index (κ2) is 10.9. The second-order valence-corrected chi connectivity index (χ2v) is 10.2. The third-order valence-electron chi connectivity index (χ3n) is 7.27. The largest absolute Gasteiger partial charge is 0.497 e. The molecule has 1 aliphatic rings. The number of hydrogen-bond donors (Lipinski definition) is 1. The van der Waals surface area contributed by atoms with Gasteiger partial charge in [0.15, 0.2) is 5.11 Å². The Kier molecular flexibility index (Phi) is 6.97. The first kappa shape index (κ1) is 25.6. The van der Waals surface area contributed by atoms with Crippen LogP contribution in [0.15, 0.2) is 109 Å². The molecule has 2 aromatic heterocycles. The molecule has 6 nitrogen and oxygen atoms in total. The molecule has 0 radical (unpaired) electrons. The lowest BCUT2D eigenvalue weighted by molar-refractivity contribution is 0.414. The van der Waals surface area contributed by atoms with Crippen LogP contribution in [0.25, 0.3) is 5.69 Å². The van der Waals surface area contributed by atoms with E-state index in [2.05, 4.69) is 58.1 Å².